The third kappa shape index (κ3) is 4.05. The first-order chi connectivity index (χ1) is 11.8. The Kier molecular flexibility index (Phi) is 4.62. The van der Waals surface area contributed by atoms with Crippen LogP contribution in [0.3, 0.4) is 0 Å². The summed E-state index contributed by atoms with van der Waals surface area (Å²) in [7, 11) is -3.98. The van der Waals surface area contributed by atoms with Gasteiger partial charge in [-0.3, -0.25) is 4.79 Å². The van der Waals surface area contributed by atoms with Gasteiger partial charge in [0.05, 0.1) is 0 Å². The summed E-state index contributed by atoms with van der Waals surface area (Å²) in [6.07, 6.45) is 1.49. The maximum atomic E-state index is 14.0. The smallest absolute Gasteiger partial charge is 0.255 e. The van der Waals surface area contributed by atoms with E-state index in [1.54, 1.807) is 0 Å². The molecule has 132 valence electrons. The second kappa shape index (κ2) is 6.57. The van der Waals surface area contributed by atoms with Crippen LogP contribution in [0, 0.1) is 19.7 Å². The molecule has 2 aromatic rings. The third-order valence-corrected chi connectivity index (χ3v) is 5.56. The number of hydrogen-bond donors (Lipinski definition) is 2. The lowest BCUT2D eigenvalue weighted by atomic mass is 10.1. The molecule has 0 bridgehead atoms. The molecule has 0 spiro atoms. The summed E-state index contributed by atoms with van der Waals surface area (Å²) >= 11 is 0. The molecule has 1 aliphatic carbocycles. The highest BCUT2D eigenvalue weighted by Gasteiger charge is 2.30. The Hall–Kier alpha value is -2.25. The maximum Gasteiger partial charge on any atom is 0.255 e. The van der Waals surface area contributed by atoms with Crippen LogP contribution in [0.25, 0.3) is 0 Å². The molecule has 0 aliphatic heterocycles. The standard InChI is InChI=1S/C18H19FN2O3S/c1-11-3-4-12(2)16(9-11)20-18(22)13-5-8-15(19)17(10-13)25(23,24)21-14-6-7-14/h3-5,8-10,14,21H,6-7H2,1-2H3,(H,20,22). The molecule has 1 amide bonds. The molecule has 1 aliphatic rings. The molecule has 1 fully saturated rings. The number of benzene rings is 2. The van der Waals surface area contributed by atoms with E-state index in [-0.39, 0.29) is 11.6 Å². The van der Waals surface area contributed by atoms with E-state index >= 15 is 0 Å². The van der Waals surface area contributed by atoms with Crippen molar-refractivity contribution in [3.05, 3.63) is 58.9 Å². The Morgan fingerprint density at radius 3 is 2.52 bits per heavy atom. The Labute approximate surface area is 146 Å². The molecule has 0 aromatic heterocycles. The first-order valence-electron chi connectivity index (χ1n) is 7.97. The molecule has 7 heteroatoms. The molecule has 2 aromatic carbocycles. The largest absolute Gasteiger partial charge is 0.322 e. The highest BCUT2D eigenvalue weighted by atomic mass is 32.2. The van der Waals surface area contributed by atoms with Crippen LogP contribution in [0.1, 0.15) is 34.3 Å². The highest BCUT2D eigenvalue weighted by molar-refractivity contribution is 7.89. The van der Waals surface area contributed by atoms with Crippen molar-refractivity contribution < 1.29 is 17.6 Å². The Morgan fingerprint density at radius 1 is 1.12 bits per heavy atom. The van der Waals surface area contributed by atoms with Gasteiger partial charge in [-0.2, -0.15) is 0 Å². The van der Waals surface area contributed by atoms with Gasteiger partial charge in [0.1, 0.15) is 10.7 Å². The number of carbonyl (C=O) groups excluding carboxylic acids is 1. The summed E-state index contributed by atoms with van der Waals surface area (Å²) in [4.78, 5) is 11.9. The molecule has 5 nitrogen and oxygen atoms in total. The van der Waals surface area contributed by atoms with Crippen molar-refractivity contribution in [3.8, 4) is 0 Å². The van der Waals surface area contributed by atoms with Crippen molar-refractivity contribution in [2.24, 2.45) is 0 Å². The Bertz CT molecular complexity index is 937. The van der Waals surface area contributed by atoms with Gasteiger partial charge in [0.2, 0.25) is 10.0 Å². The van der Waals surface area contributed by atoms with Gasteiger partial charge in [-0.05, 0) is 62.1 Å². The number of amides is 1. The minimum absolute atomic E-state index is 0.0819. The topological polar surface area (TPSA) is 75.3 Å². The molecular formula is C18H19FN2O3S. The van der Waals surface area contributed by atoms with E-state index in [0.717, 1.165) is 36.1 Å². The number of sulfonamides is 1. The Balaban J connectivity index is 1.88. The summed E-state index contributed by atoms with van der Waals surface area (Å²) in [6.45, 7) is 3.76. The van der Waals surface area contributed by atoms with Crippen molar-refractivity contribution in [2.45, 2.75) is 37.6 Å². The predicted molar refractivity (Wildman–Crippen MR) is 93.6 cm³/mol. The van der Waals surface area contributed by atoms with Gasteiger partial charge in [-0.15, -0.1) is 0 Å². The molecule has 0 unspecified atom stereocenters. The van der Waals surface area contributed by atoms with Gasteiger partial charge in [-0.1, -0.05) is 12.1 Å². The molecule has 1 saturated carbocycles. The minimum Gasteiger partial charge on any atom is -0.322 e. The maximum absolute atomic E-state index is 14.0. The predicted octanol–water partition coefficient (Wildman–Crippen LogP) is 3.14. The molecule has 0 radical (unpaired) electrons. The lowest BCUT2D eigenvalue weighted by Gasteiger charge is -2.11. The first kappa shape index (κ1) is 17.6. The monoisotopic (exact) mass is 362 g/mol. The molecule has 2 N–H and O–H groups in total. The third-order valence-electron chi connectivity index (χ3n) is 4.02. The van der Waals surface area contributed by atoms with E-state index in [9.17, 15) is 17.6 Å². The van der Waals surface area contributed by atoms with E-state index in [4.69, 9.17) is 0 Å². The first-order valence-corrected chi connectivity index (χ1v) is 9.45. The lowest BCUT2D eigenvalue weighted by molar-refractivity contribution is 0.102. The van der Waals surface area contributed by atoms with E-state index < -0.39 is 26.6 Å². The number of rotatable bonds is 5. The van der Waals surface area contributed by atoms with Gasteiger partial charge in [-0.25, -0.2) is 17.5 Å². The summed E-state index contributed by atoms with van der Waals surface area (Å²) in [5.41, 5.74) is 2.58. The number of aryl methyl sites for hydroxylation is 2. The SMILES string of the molecule is Cc1ccc(C)c(NC(=O)c2ccc(F)c(S(=O)(=O)NC3CC3)c2)c1. The highest BCUT2D eigenvalue weighted by Crippen LogP contribution is 2.24. The van der Waals surface area contributed by atoms with Crippen LogP contribution < -0.4 is 10.0 Å². The molecule has 0 atom stereocenters. The molecular weight excluding hydrogens is 343 g/mol. The van der Waals surface area contributed by atoms with Gasteiger partial charge in [0.15, 0.2) is 0 Å². The number of anilines is 1. The fourth-order valence-electron chi connectivity index (χ4n) is 2.40. The van der Waals surface area contributed by atoms with Crippen molar-refractivity contribution in [1.29, 1.82) is 0 Å². The fourth-order valence-corrected chi connectivity index (χ4v) is 3.81. The van der Waals surface area contributed by atoms with Crippen LogP contribution in [0.5, 0.6) is 0 Å². The van der Waals surface area contributed by atoms with E-state index in [2.05, 4.69) is 10.0 Å². The summed E-state index contributed by atoms with van der Waals surface area (Å²) < 4.78 is 40.9. The number of halogens is 1. The van der Waals surface area contributed by atoms with E-state index in [0.29, 0.717) is 5.69 Å². The summed E-state index contributed by atoms with van der Waals surface area (Å²) in [5, 5.41) is 2.74. The van der Waals surface area contributed by atoms with Crippen LogP contribution in [0.15, 0.2) is 41.3 Å². The molecule has 3 rings (SSSR count). The summed E-state index contributed by atoms with van der Waals surface area (Å²) in [5.74, 6) is -1.37. The average molecular weight is 362 g/mol. The average Bonchev–Trinajstić information content (AvgIpc) is 3.34. The zero-order chi connectivity index (χ0) is 18.2. The second-order valence-corrected chi connectivity index (χ2v) is 8.00. The van der Waals surface area contributed by atoms with Crippen molar-refractivity contribution >= 4 is 21.6 Å². The van der Waals surface area contributed by atoms with Gasteiger partial charge < -0.3 is 5.32 Å². The summed E-state index contributed by atoms with van der Waals surface area (Å²) in [6, 6.07) is 8.83. The van der Waals surface area contributed by atoms with E-state index in [1.807, 2.05) is 32.0 Å². The van der Waals surface area contributed by atoms with Crippen LogP contribution in [0.4, 0.5) is 10.1 Å². The van der Waals surface area contributed by atoms with Gasteiger partial charge >= 0.3 is 0 Å². The molecule has 0 saturated heterocycles. The number of carbonyl (C=O) groups is 1. The number of hydrogen-bond acceptors (Lipinski definition) is 3. The fraction of sp³-hybridized carbons (Fsp3) is 0.278. The normalized spacial score (nSPS) is 14.4. The molecule has 25 heavy (non-hydrogen) atoms. The lowest BCUT2D eigenvalue weighted by Crippen LogP contribution is -2.27. The second-order valence-electron chi connectivity index (χ2n) is 6.31. The van der Waals surface area contributed by atoms with Crippen molar-refractivity contribution in [2.75, 3.05) is 5.32 Å². The zero-order valence-electron chi connectivity index (χ0n) is 14.0. The van der Waals surface area contributed by atoms with Gasteiger partial charge in [0.25, 0.3) is 5.91 Å². The van der Waals surface area contributed by atoms with E-state index in [1.165, 1.54) is 6.07 Å². The van der Waals surface area contributed by atoms with Crippen LogP contribution in [-0.4, -0.2) is 20.4 Å². The van der Waals surface area contributed by atoms with Crippen LogP contribution in [0.2, 0.25) is 0 Å². The zero-order valence-corrected chi connectivity index (χ0v) is 14.8. The Morgan fingerprint density at radius 2 is 1.84 bits per heavy atom. The van der Waals surface area contributed by atoms with Crippen molar-refractivity contribution in [1.82, 2.24) is 4.72 Å². The quantitative estimate of drug-likeness (QED) is 0.858. The van der Waals surface area contributed by atoms with Crippen molar-refractivity contribution in [3.63, 3.8) is 0 Å². The number of nitrogens with one attached hydrogen (secondary N) is 2. The van der Waals surface area contributed by atoms with Crippen LogP contribution in [-0.2, 0) is 10.0 Å². The van der Waals surface area contributed by atoms with Gasteiger partial charge in [0, 0.05) is 17.3 Å². The minimum atomic E-state index is -3.98. The van der Waals surface area contributed by atoms with Crippen LogP contribution >= 0.6 is 0 Å². The molecule has 0 heterocycles.